The van der Waals surface area contributed by atoms with Gasteiger partial charge >= 0.3 is 0 Å². The summed E-state index contributed by atoms with van der Waals surface area (Å²) in [6, 6.07) is 10.2. The fraction of sp³-hybridized carbons (Fsp3) is 0.143. The number of nitrogens with zero attached hydrogens (tertiary/aromatic N) is 2. The third-order valence-corrected chi connectivity index (χ3v) is 4.01. The van der Waals surface area contributed by atoms with Gasteiger partial charge in [-0.25, -0.2) is 9.97 Å². The average molecular weight is 270 g/mol. The van der Waals surface area contributed by atoms with E-state index < -0.39 is 0 Å². The van der Waals surface area contributed by atoms with Gasteiger partial charge in [-0.3, -0.25) is 0 Å². The summed E-state index contributed by atoms with van der Waals surface area (Å²) in [6.07, 6.45) is 1.85. The van der Waals surface area contributed by atoms with E-state index in [1.54, 1.807) is 11.3 Å². The second-order valence-electron chi connectivity index (χ2n) is 4.13. The lowest BCUT2D eigenvalue weighted by Crippen LogP contribution is -1.90. The Morgan fingerprint density at radius 2 is 1.95 bits per heavy atom. The number of hydrogen-bond acceptors (Lipinski definition) is 5. The van der Waals surface area contributed by atoms with E-state index in [9.17, 15) is 0 Å². The molecule has 0 aliphatic carbocycles. The average Bonchev–Trinajstić information content (AvgIpc) is 2.90. The van der Waals surface area contributed by atoms with Crippen LogP contribution in [0, 0.1) is 0 Å². The molecule has 0 aliphatic rings. The smallest absolute Gasteiger partial charge is 0.126 e. The summed E-state index contributed by atoms with van der Waals surface area (Å²) in [7, 11) is 3.78. The van der Waals surface area contributed by atoms with Gasteiger partial charge in [0.05, 0.1) is 10.2 Å². The minimum absolute atomic E-state index is 0.863. The molecule has 1 aromatic carbocycles. The Morgan fingerprint density at radius 3 is 2.63 bits per heavy atom. The maximum Gasteiger partial charge on any atom is 0.126 e. The lowest BCUT2D eigenvalue weighted by molar-refractivity contribution is 1.28. The normalized spacial score (nSPS) is 10.6. The molecule has 0 saturated heterocycles. The minimum atomic E-state index is 0.863. The zero-order valence-electron chi connectivity index (χ0n) is 10.8. The predicted molar refractivity (Wildman–Crippen MR) is 81.9 cm³/mol. The van der Waals surface area contributed by atoms with Crippen molar-refractivity contribution in [3.8, 4) is 10.6 Å². The Labute approximate surface area is 115 Å². The Morgan fingerprint density at radius 1 is 1.05 bits per heavy atom. The number of hydrogen-bond donors (Lipinski definition) is 2. The van der Waals surface area contributed by atoms with Gasteiger partial charge in [-0.2, -0.15) is 0 Å². The third kappa shape index (κ3) is 2.24. The summed E-state index contributed by atoms with van der Waals surface area (Å²) in [5.41, 5.74) is 3.18. The molecule has 0 bridgehead atoms. The molecule has 4 nitrogen and oxygen atoms in total. The van der Waals surface area contributed by atoms with Crippen molar-refractivity contribution in [2.45, 2.75) is 0 Å². The summed E-state index contributed by atoms with van der Waals surface area (Å²) in [6.45, 7) is 0. The Balaban J connectivity index is 2.04. The molecule has 0 atom stereocenters. The molecule has 5 heteroatoms. The largest absolute Gasteiger partial charge is 0.388 e. The van der Waals surface area contributed by atoms with Gasteiger partial charge < -0.3 is 10.6 Å². The summed E-state index contributed by atoms with van der Waals surface area (Å²) in [5.74, 6) is 0.863. The van der Waals surface area contributed by atoms with Crippen molar-refractivity contribution in [3.05, 3.63) is 36.5 Å². The first kappa shape index (κ1) is 11.9. The molecule has 2 heterocycles. The van der Waals surface area contributed by atoms with Gasteiger partial charge in [0.25, 0.3) is 0 Å². The van der Waals surface area contributed by atoms with Crippen LogP contribution in [0.25, 0.3) is 20.8 Å². The van der Waals surface area contributed by atoms with Gasteiger partial charge in [-0.1, -0.05) is 0 Å². The van der Waals surface area contributed by atoms with Crippen LogP contribution in [-0.4, -0.2) is 24.1 Å². The molecule has 0 spiro atoms. The number of aromatic nitrogens is 2. The highest BCUT2D eigenvalue weighted by atomic mass is 32.1. The molecule has 2 aromatic heterocycles. The second-order valence-corrected chi connectivity index (χ2v) is 5.16. The van der Waals surface area contributed by atoms with Gasteiger partial charge in [-0.05, 0) is 30.3 Å². The first-order chi connectivity index (χ1) is 9.30. The Hall–Kier alpha value is -2.14. The maximum absolute atomic E-state index is 4.64. The quantitative estimate of drug-likeness (QED) is 0.765. The molecule has 3 aromatic rings. The van der Waals surface area contributed by atoms with Crippen molar-refractivity contribution in [2.24, 2.45) is 0 Å². The number of anilines is 2. The van der Waals surface area contributed by atoms with Gasteiger partial charge in [-0.15, -0.1) is 11.3 Å². The van der Waals surface area contributed by atoms with E-state index in [1.807, 2.05) is 44.6 Å². The monoisotopic (exact) mass is 270 g/mol. The number of thiazole rings is 1. The van der Waals surface area contributed by atoms with E-state index in [0.29, 0.717) is 0 Å². The SMILES string of the molecule is CNc1ccc2nc(-c3ccc(NC)nc3)sc2c1. The summed E-state index contributed by atoms with van der Waals surface area (Å²) in [5, 5.41) is 7.15. The highest BCUT2D eigenvalue weighted by Crippen LogP contribution is 2.31. The molecule has 2 N–H and O–H groups in total. The molecular formula is C14H14N4S. The van der Waals surface area contributed by atoms with Crippen molar-refractivity contribution < 1.29 is 0 Å². The van der Waals surface area contributed by atoms with Crippen LogP contribution in [0.15, 0.2) is 36.5 Å². The molecular weight excluding hydrogens is 256 g/mol. The van der Waals surface area contributed by atoms with E-state index in [0.717, 1.165) is 27.6 Å². The zero-order valence-corrected chi connectivity index (χ0v) is 11.6. The number of rotatable bonds is 3. The van der Waals surface area contributed by atoms with E-state index >= 15 is 0 Å². The minimum Gasteiger partial charge on any atom is -0.388 e. The zero-order chi connectivity index (χ0) is 13.2. The molecule has 0 saturated carbocycles. The van der Waals surface area contributed by atoms with E-state index in [4.69, 9.17) is 0 Å². The second kappa shape index (κ2) is 4.85. The van der Waals surface area contributed by atoms with Crippen LogP contribution >= 0.6 is 11.3 Å². The van der Waals surface area contributed by atoms with Crippen molar-refractivity contribution in [1.29, 1.82) is 0 Å². The predicted octanol–water partition coefficient (Wildman–Crippen LogP) is 3.44. The highest BCUT2D eigenvalue weighted by molar-refractivity contribution is 7.21. The van der Waals surface area contributed by atoms with Crippen molar-refractivity contribution in [3.63, 3.8) is 0 Å². The fourth-order valence-electron chi connectivity index (χ4n) is 1.87. The summed E-state index contributed by atoms with van der Waals surface area (Å²) in [4.78, 5) is 8.96. The molecule has 0 fully saturated rings. The Bertz CT molecular complexity index is 703. The van der Waals surface area contributed by atoms with E-state index in [1.165, 1.54) is 4.70 Å². The van der Waals surface area contributed by atoms with Gasteiger partial charge in [0.15, 0.2) is 0 Å². The molecule has 3 rings (SSSR count). The first-order valence-corrected chi connectivity index (χ1v) is 6.84. The van der Waals surface area contributed by atoms with Crippen molar-refractivity contribution in [2.75, 3.05) is 24.7 Å². The van der Waals surface area contributed by atoms with Crippen LogP contribution in [0.1, 0.15) is 0 Å². The first-order valence-electron chi connectivity index (χ1n) is 6.02. The standard InChI is InChI=1S/C14H14N4S/c1-15-10-4-5-11-12(7-10)19-14(18-11)9-3-6-13(16-2)17-8-9/h3-8,15H,1-2H3,(H,16,17). The maximum atomic E-state index is 4.64. The van der Waals surface area contributed by atoms with Gasteiger partial charge in [0.2, 0.25) is 0 Å². The van der Waals surface area contributed by atoms with Crippen LogP contribution in [0.3, 0.4) is 0 Å². The van der Waals surface area contributed by atoms with Crippen LogP contribution < -0.4 is 10.6 Å². The topological polar surface area (TPSA) is 49.8 Å². The van der Waals surface area contributed by atoms with Crippen LogP contribution in [-0.2, 0) is 0 Å². The lowest BCUT2D eigenvalue weighted by atomic mass is 10.3. The summed E-state index contributed by atoms with van der Waals surface area (Å²) < 4.78 is 1.18. The fourth-order valence-corrected chi connectivity index (χ4v) is 2.87. The number of pyridine rings is 1. The van der Waals surface area contributed by atoms with Crippen LogP contribution in [0.2, 0.25) is 0 Å². The molecule has 0 amide bonds. The molecule has 0 radical (unpaired) electrons. The Kier molecular flexibility index (Phi) is 3.05. The number of nitrogens with one attached hydrogen (secondary N) is 2. The van der Waals surface area contributed by atoms with Crippen molar-refractivity contribution >= 4 is 33.1 Å². The van der Waals surface area contributed by atoms with E-state index in [-0.39, 0.29) is 0 Å². The highest BCUT2D eigenvalue weighted by Gasteiger charge is 2.07. The number of benzene rings is 1. The van der Waals surface area contributed by atoms with Gasteiger partial charge in [0.1, 0.15) is 10.8 Å². The summed E-state index contributed by atoms with van der Waals surface area (Å²) >= 11 is 1.68. The van der Waals surface area contributed by atoms with Crippen LogP contribution in [0.4, 0.5) is 11.5 Å². The molecule has 0 unspecified atom stereocenters. The van der Waals surface area contributed by atoms with Crippen molar-refractivity contribution in [1.82, 2.24) is 9.97 Å². The molecule has 19 heavy (non-hydrogen) atoms. The third-order valence-electron chi connectivity index (χ3n) is 2.94. The van der Waals surface area contributed by atoms with E-state index in [2.05, 4.69) is 26.7 Å². The van der Waals surface area contributed by atoms with Gasteiger partial charge in [0, 0.05) is 31.5 Å². The van der Waals surface area contributed by atoms with Crippen LogP contribution in [0.5, 0.6) is 0 Å². The lowest BCUT2D eigenvalue weighted by Gasteiger charge is -1.99. The molecule has 0 aliphatic heterocycles. The number of fused-ring (bicyclic) bond motifs is 1. The molecule has 96 valence electrons.